The average Bonchev–Trinajstić information content (AvgIpc) is 2.81. The van der Waals surface area contributed by atoms with E-state index in [2.05, 4.69) is 48.5 Å². The van der Waals surface area contributed by atoms with E-state index in [0.29, 0.717) is 11.1 Å². The van der Waals surface area contributed by atoms with Gasteiger partial charge in [-0.25, -0.2) is 0 Å². The minimum Gasteiger partial charge on any atom is -0.192 e. The third-order valence-corrected chi connectivity index (χ3v) is 5.10. The minimum absolute atomic E-state index is 0.0281. The fraction of sp³-hybridized carbons (Fsp3) is 0.0370. The molecule has 0 saturated carbocycles. The first-order chi connectivity index (χ1) is 14.3. The van der Waals surface area contributed by atoms with Gasteiger partial charge in [-0.3, -0.25) is 0 Å². The summed E-state index contributed by atoms with van der Waals surface area (Å²) in [6.07, 6.45) is 0. The summed E-state index contributed by atoms with van der Waals surface area (Å²) in [6, 6.07) is 38.7. The van der Waals surface area contributed by atoms with Gasteiger partial charge >= 0.3 is 0 Å². The molecule has 0 bridgehead atoms. The molecule has 2 nitrogen and oxygen atoms in total. The predicted molar refractivity (Wildman–Crippen MR) is 115 cm³/mol. The van der Waals surface area contributed by atoms with Crippen LogP contribution in [0.25, 0.3) is 11.1 Å². The topological polar surface area (TPSA) is 47.6 Å². The fourth-order valence-corrected chi connectivity index (χ4v) is 3.58. The zero-order chi connectivity index (χ0) is 20.1. The highest BCUT2D eigenvalue weighted by Crippen LogP contribution is 2.33. The molecule has 0 heterocycles. The molecule has 4 rings (SSSR count). The molecule has 0 amide bonds. The van der Waals surface area contributed by atoms with Crippen LogP contribution in [0.1, 0.15) is 33.7 Å². The maximum Gasteiger partial charge on any atom is 0.0991 e. The Morgan fingerprint density at radius 3 is 1.24 bits per heavy atom. The Bertz CT molecular complexity index is 1120. The second-order valence-electron chi connectivity index (χ2n) is 6.89. The van der Waals surface area contributed by atoms with E-state index in [9.17, 15) is 0 Å². The number of nitrogens with zero attached hydrogens (tertiary/aromatic N) is 2. The molecule has 2 heteroatoms. The Labute approximate surface area is 170 Å². The molecule has 136 valence electrons. The zero-order valence-corrected chi connectivity index (χ0v) is 15.8. The molecule has 4 aromatic carbocycles. The number of hydrogen-bond acceptors (Lipinski definition) is 2. The molecule has 0 aromatic heterocycles. The maximum atomic E-state index is 9.12. The summed E-state index contributed by atoms with van der Waals surface area (Å²) in [6.45, 7) is 0. The summed E-state index contributed by atoms with van der Waals surface area (Å²) < 4.78 is 0. The molecule has 0 spiro atoms. The van der Waals surface area contributed by atoms with Gasteiger partial charge in [0.2, 0.25) is 0 Å². The van der Waals surface area contributed by atoms with Crippen molar-refractivity contribution in [2.75, 3.05) is 0 Å². The molecular formula is C27H18N2. The number of hydrogen-bond donors (Lipinski definition) is 0. The van der Waals surface area contributed by atoms with Gasteiger partial charge in [0.1, 0.15) is 0 Å². The monoisotopic (exact) mass is 370 g/mol. The quantitative estimate of drug-likeness (QED) is 0.397. The lowest BCUT2D eigenvalue weighted by molar-refractivity contribution is 0.976. The van der Waals surface area contributed by atoms with Crippen LogP contribution in [0.5, 0.6) is 0 Å². The highest BCUT2D eigenvalue weighted by molar-refractivity contribution is 5.64. The molecule has 0 radical (unpaired) electrons. The second kappa shape index (κ2) is 8.26. The van der Waals surface area contributed by atoms with E-state index >= 15 is 0 Å². The van der Waals surface area contributed by atoms with Gasteiger partial charge in [0.25, 0.3) is 0 Å². The smallest absolute Gasteiger partial charge is 0.0991 e. The Kier molecular flexibility index (Phi) is 5.19. The first-order valence-electron chi connectivity index (χ1n) is 9.44. The van der Waals surface area contributed by atoms with E-state index in [1.54, 1.807) is 0 Å². The summed E-state index contributed by atoms with van der Waals surface area (Å²) in [5, 5.41) is 18.2. The second-order valence-corrected chi connectivity index (χ2v) is 6.89. The molecule has 0 aliphatic heterocycles. The molecule has 0 aliphatic carbocycles. The number of rotatable bonds is 4. The lowest BCUT2D eigenvalue weighted by Crippen LogP contribution is -2.03. The predicted octanol–water partition coefficient (Wildman–Crippen LogP) is 6.28. The van der Waals surface area contributed by atoms with Crippen molar-refractivity contribution in [3.8, 4) is 23.3 Å². The molecule has 0 N–H and O–H groups in total. The summed E-state index contributed by atoms with van der Waals surface area (Å²) in [7, 11) is 0. The standard InChI is InChI=1S/C27H18N2/c28-18-20-6-10-24(11-7-20)27(25-12-8-21(19-29)9-13-25)26-16-14-23(15-17-26)22-4-2-1-3-5-22/h1-17,27H. The lowest BCUT2D eigenvalue weighted by Gasteiger charge is -2.19. The van der Waals surface area contributed by atoms with Crippen molar-refractivity contribution in [2.45, 2.75) is 5.92 Å². The normalized spacial score (nSPS) is 10.3. The molecule has 0 fully saturated rings. The summed E-state index contributed by atoms with van der Waals surface area (Å²) in [5.41, 5.74) is 7.04. The van der Waals surface area contributed by atoms with Crippen LogP contribution in [-0.4, -0.2) is 0 Å². The van der Waals surface area contributed by atoms with E-state index in [-0.39, 0.29) is 5.92 Å². The minimum atomic E-state index is 0.0281. The van der Waals surface area contributed by atoms with Gasteiger partial charge in [0.15, 0.2) is 0 Å². The molecule has 0 unspecified atom stereocenters. The fourth-order valence-electron chi connectivity index (χ4n) is 3.58. The van der Waals surface area contributed by atoms with Gasteiger partial charge in [0, 0.05) is 5.92 Å². The van der Waals surface area contributed by atoms with Crippen LogP contribution in [0.2, 0.25) is 0 Å². The third-order valence-electron chi connectivity index (χ3n) is 5.10. The van der Waals surface area contributed by atoms with E-state index in [1.165, 1.54) is 16.7 Å². The van der Waals surface area contributed by atoms with Gasteiger partial charge in [-0.2, -0.15) is 10.5 Å². The van der Waals surface area contributed by atoms with Crippen LogP contribution in [-0.2, 0) is 0 Å². The van der Waals surface area contributed by atoms with E-state index in [0.717, 1.165) is 11.1 Å². The van der Waals surface area contributed by atoms with Crippen molar-refractivity contribution >= 4 is 0 Å². The lowest BCUT2D eigenvalue weighted by atomic mass is 9.84. The van der Waals surface area contributed by atoms with Crippen molar-refractivity contribution in [2.24, 2.45) is 0 Å². The van der Waals surface area contributed by atoms with Gasteiger partial charge in [-0.1, -0.05) is 78.9 Å². The third kappa shape index (κ3) is 3.93. The SMILES string of the molecule is N#Cc1ccc(C(c2ccc(C#N)cc2)c2ccc(-c3ccccc3)cc2)cc1. The molecular weight excluding hydrogens is 352 g/mol. The van der Waals surface area contributed by atoms with Crippen LogP contribution in [0.4, 0.5) is 0 Å². The summed E-state index contributed by atoms with van der Waals surface area (Å²) in [5.74, 6) is 0.0281. The van der Waals surface area contributed by atoms with Crippen LogP contribution >= 0.6 is 0 Å². The Morgan fingerprint density at radius 1 is 0.448 bits per heavy atom. The van der Waals surface area contributed by atoms with Crippen LogP contribution in [0.3, 0.4) is 0 Å². The Balaban J connectivity index is 1.77. The van der Waals surface area contributed by atoms with Crippen molar-refractivity contribution < 1.29 is 0 Å². The molecule has 0 atom stereocenters. The van der Waals surface area contributed by atoms with Crippen molar-refractivity contribution in [1.29, 1.82) is 10.5 Å². The maximum absolute atomic E-state index is 9.12. The van der Waals surface area contributed by atoms with Gasteiger partial charge < -0.3 is 0 Å². The zero-order valence-electron chi connectivity index (χ0n) is 15.8. The van der Waals surface area contributed by atoms with Gasteiger partial charge in [0.05, 0.1) is 23.3 Å². The van der Waals surface area contributed by atoms with Crippen molar-refractivity contribution in [1.82, 2.24) is 0 Å². The van der Waals surface area contributed by atoms with Gasteiger partial charge in [-0.05, 0) is 52.1 Å². The Hall–Kier alpha value is -4.14. The van der Waals surface area contributed by atoms with Crippen molar-refractivity contribution in [3.05, 3.63) is 131 Å². The molecule has 0 aliphatic rings. The van der Waals surface area contributed by atoms with E-state index < -0.39 is 0 Å². The van der Waals surface area contributed by atoms with Crippen molar-refractivity contribution in [3.63, 3.8) is 0 Å². The van der Waals surface area contributed by atoms with Gasteiger partial charge in [-0.15, -0.1) is 0 Å². The first kappa shape index (κ1) is 18.2. The number of benzene rings is 4. The molecule has 4 aromatic rings. The first-order valence-corrected chi connectivity index (χ1v) is 9.44. The largest absolute Gasteiger partial charge is 0.192 e. The Morgan fingerprint density at radius 2 is 0.828 bits per heavy atom. The summed E-state index contributed by atoms with van der Waals surface area (Å²) >= 11 is 0. The van der Waals surface area contributed by atoms with E-state index in [1.807, 2.05) is 66.7 Å². The highest BCUT2D eigenvalue weighted by Gasteiger charge is 2.17. The number of nitriles is 2. The van der Waals surface area contributed by atoms with Crippen LogP contribution in [0.15, 0.2) is 103 Å². The van der Waals surface area contributed by atoms with Crippen LogP contribution < -0.4 is 0 Å². The average molecular weight is 370 g/mol. The van der Waals surface area contributed by atoms with E-state index in [4.69, 9.17) is 10.5 Å². The van der Waals surface area contributed by atoms with Crippen LogP contribution in [0, 0.1) is 22.7 Å². The summed E-state index contributed by atoms with van der Waals surface area (Å²) in [4.78, 5) is 0. The molecule has 29 heavy (non-hydrogen) atoms. The highest BCUT2D eigenvalue weighted by atomic mass is 14.3. The molecule has 0 saturated heterocycles.